The standard InChI is InChI=1S/C17H18F3N3O3/c1-16(2,15(25)26)7-8-21-14(24)13-6-9-23(22-13)12-5-3-4-11(10-12)17(18,19)20/h3-6,9-10H,7-8H2,1-2H3,(H,21,24)(H,25,26). The molecule has 2 rings (SSSR count). The number of benzene rings is 1. The van der Waals surface area contributed by atoms with Crippen LogP contribution in [-0.2, 0) is 11.0 Å². The van der Waals surface area contributed by atoms with E-state index >= 15 is 0 Å². The maximum atomic E-state index is 12.8. The Morgan fingerprint density at radius 2 is 1.92 bits per heavy atom. The van der Waals surface area contributed by atoms with E-state index in [1.165, 1.54) is 29.1 Å². The van der Waals surface area contributed by atoms with Crippen LogP contribution in [0.3, 0.4) is 0 Å². The van der Waals surface area contributed by atoms with Crippen LogP contribution in [0.4, 0.5) is 13.2 Å². The average Bonchev–Trinajstić information content (AvgIpc) is 3.04. The van der Waals surface area contributed by atoms with Gasteiger partial charge in [0.1, 0.15) is 0 Å². The van der Waals surface area contributed by atoms with E-state index in [0.717, 1.165) is 12.1 Å². The summed E-state index contributed by atoms with van der Waals surface area (Å²) in [5.74, 6) is -1.50. The second-order valence-electron chi connectivity index (χ2n) is 6.39. The highest BCUT2D eigenvalue weighted by Crippen LogP contribution is 2.30. The zero-order valence-corrected chi connectivity index (χ0v) is 14.2. The van der Waals surface area contributed by atoms with Gasteiger partial charge in [-0.1, -0.05) is 6.07 Å². The maximum absolute atomic E-state index is 12.8. The van der Waals surface area contributed by atoms with Crippen molar-refractivity contribution in [3.05, 3.63) is 47.8 Å². The number of carbonyl (C=O) groups is 2. The molecule has 6 nitrogen and oxygen atoms in total. The molecular weight excluding hydrogens is 351 g/mol. The number of hydrogen-bond donors (Lipinski definition) is 2. The Hall–Kier alpha value is -2.84. The number of amides is 1. The lowest BCUT2D eigenvalue weighted by molar-refractivity contribution is -0.147. The number of carboxylic acids is 1. The van der Waals surface area contributed by atoms with Gasteiger partial charge in [-0.3, -0.25) is 9.59 Å². The zero-order valence-electron chi connectivity index (χ0n) is 14.2. The number of rotatable bonds is 6. The monoisotopic (exact) mass is 369 g/mol. The fraction of sp³-hybridized carbons (Fsp3) is 0.353. The lowest BCUT2D eigenvalue weighted by Crippen LogP contribution is -2.32. The minimum absolute atomic E-state index is 0.0237. The summed E-state index contributed by atoms with van der Waals surface area (Å²) >= 11 is 0. The summed E-state index contributed by atoms with van der Waals surface area (Å²) in [4.78, 5) is 23.1. The van der Waals surface area contributed by atoms with Gasteiger partial charge in [-0.25, -0.2) is 4.68 Å². The number of nitrogens with zero attached hydrogens (tertiary/aromatic N) is 2. The van der Waals surface area contributed by atoms with Crippen molar-refractivity contribution in [2.45, 2.75) is 26.4 Å². The summed E-state index contributed by atoms with van der Waals surface area (Å²) in [6.45, 7) is 3.22. The van der Waals surface area contributed by atoms with E-state index in [1.54, 1.807) is 13.8 Å². The minimum Gasteiger partial charge on any atom is -0.481 e. The quantitative estimate of drug-likeness (QED) is 0.819. The van der Waals surface area contributed by atoms with Gasteiger partial charge in [0, 0.05) is 12.7 Å². The number of alkyl halides is 3. The Kier molecular flexibility index (Phi) is 5.38. The van der Waals surface area contributed by atoms with Crippen LogP contribution in [0.5, 0.6) is 0 Å². The highest BCUT2D eigenvalue weighted by molar-refractivity contribution is 5.92. The fourth-order valence-electron chi connectivity index (χ4n) is 2.10. The lowest BCUT2D eigenvalue weighted by Gasteiger charge is -2.18. The van der Waals surface area contributed by atoms with E-state index in [1.807, 2.05) is 0 Å². The lowest BCUT2D eigenvalue weighted by atomic mass is 9.90. The molecule has 0 fully saturated rings. The Labute approximate surface area is 147 Å². The van der Waals surface area contributed by atoms with Crippen LogP contribution in [0.1, 0.15) is 36.3 Å². The van der Waals surface area contributed by atoms with Crippen LogP contribution in [0.15, 0.2) is 36.5 Å². The Morgan fingerprint density at radius 1 is 1.23 bits per heavy atom. The van der Waals surface area contributed by atoms with E-state index < -0.39 is 29.0 Å². The molecule has 1 aromatic heterocycles. The van der Waals surface area contributed by atoms with Crippen molar-refractivity contribution in [3.63, 3.8) is 0 Å². The molecule has 0 bridgehead atoms. The van der Waals surface area contributed by atoms with Crippen molar-refractivity contribution >= 4 is 11.9 Å². The van der Waals surface area contributed by atoms with E-state index in [4.69, 9.17) is 5.11 Å². The summed E-state index contributed by atoms with van der Waals surface area (Å²) in [5, 5.41) is 15.6. The average molecular weight is 369 g/mol. The first-order valence-corrected chi connectivity index (χ1v) is 7.75. The van der Waals surface area contributed by atoms with E-state index in [-0.39, 0.29) is 24.3 Å². The van der Waals surface area contributed by atoms with Crippen molar-refractivity contribution in [2.75, 3.05) is 6.54 Å². The summed E-state index contributed by atoms with van der Waals surface area (Å²) in [6.07, 6.45) is -2.87. The molecule has 0 saturated carbocycles. The first kappa shape index (κ1) is 19.5. The van der Waals surface area contributed by atoms with Crippen molar-refractivity contribution in [1.29, 1.82) is 0 Å². The van der Waals surface area contributed by atoms with Crippen LogP contribution < -0.4 is 5.32 Å². The van der Waals surface area contributed by atoms with Gasteiger partial charge in [0.25, 0.3) is 5.91 Å². The second kappa shape index (κ2) is 7.19. The number of halogens is 3. The molecule has 9 heteroatoms. The number of carboxylic acid groups (broad SMARTS) is 1. The highest BCUT2D eigenvalue weighted by Gasteiger charge is 2.30. The van der Waals surface area contributed by atoms with Gasteiger partial charge in [-0.05, 0) is 44.5 Å². The number of aliphatic carboxylic acids is 1. The molecule has 0 atom stereocenters. The fourth-order valence-corrected chi connectivity index (χ4v) is 2.10. The maximum Gasteiger partial charge on any atom is 0.416 e. The highest BCUT2D eigenvalue weighted by atomic mass is 19.4. The predicted octanol–water partition coefficient (Wildman–Crippen LogP) is 3.12. The van der Waals surface area contributed by atoms with Crippen molar-refractivity contribution < 1.29 is 27.9 Å². The Bertz CT molecular complexity index is 813. The third-order valence-electron chi connectivity index (χ3n) is 3.87. The largest absolute Gasteiger partial charge is 0.481 e. The molecule has 0 unspecified atom stereocenters. The normalized spacial score (nSPS) is 12.0. The molecule has 1 amide bonds. The van der Waals surface area contributed by atoms with Crippen molar-refractivity contribution in [2.24, 2.45) is 5.41 Å². The topological polar surface area (TPSA) is 84.2 Å². The van der Waals surface area contributed by atoms with Gasteiger partial charge in [0.2, 0.25) is 0 Å². The molecule has 2 N–H and O–H groups in total. The van der Waals surface area contributed by atoms with Crippen molar-refractivity contribution in [1.82, 2.24) is 15.1 Å². The molecule has 0 aliphatic heterocycles. The first-order chi connectivity index (χ1) is 12.0. The molecule has 0 aliphatic rings. The molecule has 0 spiro atoms. The van der Waals surface area contributed by atoms with Crippen LogP contribution in [0.2, 0.25) is 0 Å². The summed E-state index contributed by atoms with van der Waals surface area (Å²) in [6, 6.07) is 5.96. The molecular formula is C17H18F3N3O3. The third kappa shape index (κ3) is 4.62. The molecule has 1 aromatic carbocycles. The van der Waals surface area contributed by atoms with E-state index in [9.17, 15) is 22.8 Å². The Morgan fingerprint density at radius 3 is 2.54 bits per heavy atom. The molecule has 1 heterocycles. The van der Waals surface area contributed by atoms with Crippen LogP contribution in [0, 0.1) is 5.41 Å². The van der Waals surface area contributed by atoms with Gasteiger partial charge in [-0.15, -0.1) is 0 Å². The van der Waals surface area contributed by atoms with Crippen LogP contribution in [-0.4, -0.2) is 33.3 Å². The molecule has 0 saturated heterocycles. The molecule has 0 radical (unpaired) electrons. The zero-order chi connectivity index (χ0) is 19.5. The summed E-state index contributed by atoms with van der Waals surface area (Å²) < 4.78 is 39.5. The number of carbonyl (C=O) groups excluding carboxylic acids is 1. The van der Waals surface area contributed by atoms with Crippen molar-refractivity contribution in [3.8, 4) is 5.69 Å². The Balaban J connectivity index is 2.06. The molecule has 140 valence electrons. The third-order valence-corrected chi connectivity index (χ3v) is 3.87. The number of hydrogen-bond acceptors (Lipinski definition) is 3. The summed E-state index contributed by atoms with van der Waals surface area (Å²) in [7, 11) is 0. The van der Waals surface area contributed by atoms with Gasteiger partial charge in [-0.2, -0.15) is 18.3 Å². The minimum atomic E-state index is -4.47. The van der Waals surface area contributed by atoms with E-state index in [2.05, 4.69) is 10.4 Å². The first-order valence-electron chi connectivity index (χ1n) is 7.75. The van der Waals surface area contributed by atoms with Crippen LogP contribution in [0.25, 0.3) is 5.69 Å². The number of aromatic nitrogens is 2. The summed E-state index contributed by atoms with van der Waals surface area (Å²) in [5.41, 5.74) is -1.60. The molecule has 0 aliphatic carbocycles. The van der Waals surface area contributed by atoms with Gasteiger partial charge in [0.15, 0.2) is 5.69 Å². The van der Waals surface area contributed by atoms with Gasteiger partial charge >= 0.3 is 12.1 Å². The van der Waals surface area contributed by atoms with Gasteiger partial charge in [0.05, 0.1) is 16.7 Å². The predicted molar refractivity (Wildman–Crippen MR) is 86.9 cm³/mol. The number of nitrogens with one attached hydrogen (secondary N) is 1. The van der Waals surface area contributed by atoms with E-state index in [0.29, 0.717) is 0 Å². The molecule has 26 heavy (non-hydrogen) atoms. The molecule has 2 aromatic rings. The second-order valence-corrected chi connectivity index (χ2v) is 6.39. The van der Waals surface area contributed by atoms with Crippen LogP contribution >= 0.6 is 0 Å². The SMILES string of the molecule is CC(C)(CCNC(=O)c1ccn(-c2cccc(C(F)(F)F)c2)n1)C(=O)O. The smallest absolute Gasteiger partial charge is 0.416 e. The van der Waals surface area contributed by atoms with Gasteiger partial charge < -0.3 is 10.4 Å².